The number of aromatic nitrogens is 2. The molecule has 2 aromatic heterocycles. The molecule has 0 fully saturated rings. The minimum atomic E-state index is -0.723. The van der Waals surface area contributed by atoms with Gasteiger partial charge in [0, 0.05) is 25.3 Å². The first-order valence-corrected chi connectivity index (χ1v) is 12.3. The molecule has 0 saturated carbocycles. The van der Waals surface area contributed by atoms with Gasteiger partial charge < -0.3 is 24.8 Å². The van der Waals surface area contributed by atoms with Crippen molar-refractivity contribution in [1.82, 2.24) is 9.97 Å². The Morgan fingerprint density at radius 1 is 1.21 bits per heavy atom. The Balaban J connectivity index is 2.24. The van der Waals surface area contributed by atoms with Crippen molar-refractivity contribution < 1.29 is 27.8 Å². The topological polar surface area (TPSA) is 118 Å². The van der Waals surface area contributed by atoms with Crippen LogP contribution < -0.4 is 15.4 Å². The Hall–Kier alpha value is -3.78. The minimum absolute atomic E-state index is 0.0258. The fourth-order valence-electron chi connectivity index (χ4n) is 3.38. The summed E-state index contributed by atoms with van der Waals surface area (Å²) in [6, 6.07) is 3.80. The molecule has 2 atom stereocenters. The van der Waals surface area contributed by atoms with Crippen LogP contribution in [0.25, 0.3) is 0 Å². The van der Waals surface area contributed by atoms with E-state index in [-0.39, 0.29) is 53.9 Å². The molecule has 0 radical (unpaired) electrons. The largest absolute Gasteiger partial charge is 0.473 e. The van der Waals surface area contributed by atoms with E-state index in [2.05, 4.69) is 20.6 Å². The number of halogens is 2. The fraction of sp³-hybridized carbons (Fsp3) is 0.481. The van der Waals surface area contributed by atoms with Crippen LogP contribution in [0.3, 0.4) is 0 Å². The molecule has 0 aliphatic carbocycles. The molecule has 0 unspecified atom stereocenters. The van der Waals surface area contributed by atoms with Crippen LogP contribution in [0, 0.1) is 28.9 Å². The van der Waals surface area contributed by atoms with Gasteiger partial charge in [-0.15, -0.1) is 0 Å². The molecule has 0 saturated heterocycles. The first-order valence-electron chi connectivity index (χ1n) is 12.3. The third-order valence-electron chi connectivity index (χ3n) is 5.19. The Morgan fingerprint density at radius 3 is 2.55 bits per heavy atom. The Labute approximate surface area is 222 Å². The normalized spacial score (nSPS) is 13.0. The lowest BCUT2D eigenvalue weighted by molar-refractivity contribution is -0.148. The number of rotatable bonds is 13. The number of nitriles is 1. The van der Waals surface area contributed by atoms with Crippen LogP contribution in [0.5, 0.6) is 5.88 Å². The van der Waals surface area contributed by atoms with E-state index in [0.717, 1.165) is 18.6 Å². The van der Waals surface area contributed by atoms with Gasteiger partial charge in [0.15, 0.2) is 23.3 Å². The summed E-state index contributed by atoms with van der Waals surface area (Å²) in [5.41, 5.74) is -0.485. The van der Waals surface area contributed by atoms with E-state index in [1.807, 2.05) is 19.9 Å². The van der Waals surface area contributed by atoms with Crippen molar-refractivity contribution in [2.75, 3.05) is 31.0 Å². The molecule has 0 aliphatic rings. The highest BCUT2D eigenvalue weighted by atomic mass is 19.1. The molecule has 2 N–H and O–H groups in total. The smallest absolute Gasteiger partial charge is 0.330 e. The van der Waals surface area contributed by atoms with Crippen LogP contribution in [-0.4, -0.2) is 47.9 Å². The number of ether oxygens (including phenoxy) is 3. The molecule has 2 heterocycles. The van der Waals surface area contributed by atoms with Gasteiger partial charge in [-0.25, -0.2) is 23.5 Å². The zero-order valence-electron chi connectivity index (χ0n) is 22.6. The molecule has 206 valence electrons. The van der Waals surface area contributed by atoms with Crippen molar-refractivity contribution in [2.45, 2.75) is 59.1 Å². The molecule has 11 heteroatoms. The number of hydrogen-bond donors (Lipinski definition) is 2. The Kier molecular flexibility index (Phi) is 11.4. The maximum atomic E-state index is 14.9. The van der Waals surface area contributed by atoms with Crippen molar-refractivity contribution in [3.05, 3.63) is 47.7 Å². The first kappa shape index (κ1) is 30.4. The summed E-state index contributed by atoms with van der Waals surface area (Å²) < 4.78 is 44.7. The Bertz CT molecular complexity index is 1160. The minimum Gasteiger partial charge on any atom is -0.473 e. The van der Waals surface area contributed by atoms with Gasteiger partial charge in [0.25, 0.3) is 5.88 Å². The van der Waals surface area contributed by atoms with Crippen LogP contribution in [0.2, 0.25) is 0 Å². The van der Waals surface area contributed by atoms with Gasteiger partial charge in [-0.1, -0.05) is 26.3 Å². The van der Waals surface area contributed by atoms with Crippen LogP contribution in [0.4, 0.5) is 26.1 Å². The SMILES string of the molecule is CCC[C@@H](Nc1nc(Nc2cnc(OCCOC)c(F)c2)c(C#N)cc1F)[C@H](C)/C=C/C(=O)OC(C)(C)C. The van der Waals surface area contributed by atoms with Crippen molar-refractivity contribution in [1.29, 1.82) is 5.26 Å². The zero-order chi connectivity index (χ0) is 28.3. The summed E-state index contributed by atoms with van der Waals surface area (Å²) >= 11 is 0. The van der Waals surface area contributed by atoms with E-state index >= 15 is 0 Å². The monoisotopic (exact) mass is 531 g/mol. The van der Waals surface area contributed by atoms with Crippen LogP contribution >= 0.6 is 0 Å². The maximum Gasteiger partial charge on any atom is 0.330 e. The lowest BCUT2D eigenvalue weighted by Gasteiger charge is -2.24. The predicted molar refractivity (Wildman–Crippen MR) is 140 cm³/mol. The molecule has 2 rings (SSSR count). The summed E-state index contributed by atoms with van der Waals surface area (Å²) in [6.07, 6.45) is 5.82. The van der Waals surface area contributed by atoms with E-state index in [1.165, 1.54) is 19.4 Å². The summed E-state index contributed by atoms with van der Waals surface area (Å²) in [5, 5.41) is 15.4. The van der Waals surface area contributed by atoms with E-state index < -0.39 is 23.2 Å². The summed E-state index contributed by atoms with van der Waals surface area (Å²) in [4.78, 5) is 20.3. The van der Waals surface area contributed by atoms with Gasteiger partial charge in [0.1, 0.15) is 18.3 Å². The molecule has 0 bridgehead atoms. The number of carbonyl (C=O) groups excluding carboxylic acids is 1. The summed E-state index contributed by atoms with van der Waals surface area (Å²) in [5.74, 6) is -2.35. The fourth-order valence-corrected chi connectivity index (χ4v) is 3.38. The molecule has 0 amide bonds. The summed E-state index contributed by atoms with van der Waals surface area (Å²) in [6.45, 7) is 9.62. The first-order chi connectivity index (χ1) is 18.0. The van der Waals surface area contributed by atoms with Gasteiger partial charge in [0.05, 0.1) is 24.1 Å². The maximum absolute atomic E-state index is 14.9. The van der Waals surface area contributed by atoms with Gasteiger partial charge in [-0.05, 0) is 39.2 Å². The Morgan fingerprint density at radius 2 is 1.95 bits per heavy atom. The molecular weight excluding hydrogens is 496 g/mol. The third-order valence-corrected chi connectivity index (χ3v) is 5.19. The standard InChI is InChI=1S/C27H35F2N5O4/c1-7-8-22(17(2)9-10-23(35)38-27(3,4)5)33-25-20(28)13-18(15-30)24(34-25)32-19-14-21(29)26(31-16-19)37-12-11-36-6/h9-10,13-14,16-17,22H,7-8,11-12H2,1-6H3,(H2,32,33,34)/b10-9+/t17-,22-/m1/s1. The number of methoxy groups -OCH3 is 1. The number of anilines is 3. The highest BCUT2D eigenvalue weighted by Gasteiger charge is 2.20. The number of esters is 1. The molecule has 0 spiro atoms. The van der Waals surface area contributed by atoms with Crippen molar-refractivity contribution in [2.24, 2.45) is 5.92 Å². The number of pyridine rings is 2. The van der Waals surface area contributed by atoms with Gasteiger partial charge in [-0.2, -0.15) is 5.26 Å². The van der Waals surface area contributed by atoms with Crippen molar-refractivity contribution in [3.63, 3.8) is 0 Å². The van der Waals surface area contributed by atoms with Crippen molar-refractivity contribution in [3.8, 4) is 11.9 Å². The van der Waals surface area contributed by atoms with Gasteiger partial charge in [-0.3, -0.25) is 0 Å². The lowest BCUT2D eigenvalue weighted by Crippen LogP contribution is -2.28. The van der Waals surface area contributed by atoms with E-state index in [0.29, 0.717) is 6.42 Å². The average molecular weight is 532 g/mol. The average Bonchev–Trinajstić information content (AvgIpc) is 2.84. The molecule has 0 aromatic carbocycles. The molecule has 9 nitrogen and oxygen atoms in total. The number of nitrogens with one attached hydrogen (secondary N) is 2. The number of nitrogens with zero attached hydrogens (tertiary/aromatic N) is 3. The van der Waals surface area contributed by atoms with Crippen LogP contribution in [-0.2, 0) is 14.3 Å². The van der Waals surface area contributed by atoms with Crippen LogP contribution in [0.15, 0.2) is 30.5 Å². The number of carbonyl (C=O) groups is 1. The highest BCUT2D eigenvalue weighted by molar-refractivity contribution is 5.82. The molecule has 0 aliphatic heterocycles. The summed E-state index contributed by atoms with van der Waals surface area (Å²) in [7, 11) is 1.50. The molecule has 2 aromatic rings. The highest BCUT2D eigenvalue weighted by Crippen LogP contribution is 2.27. The van der Waals surface area contributed by atoms with E-state index in [4.69, 9.17) is 14.2 Å². The third kappa shape index (κ3) is 9.59. The van der Waals surface area contributed by atoms with Gasteiger partial charge in [0.2, 0.25) is 0 Å². The zero-order valence-corrected chi connectivity index (χ0v) is 22.6. The second kappa shape index (κ2) is 14.2. The number of hydrogen-bond acceptors (Lipinski definition) is 9. The molecular formula is C27H35F2N5O4. The van der Waals surface area contributed by atoms with Gasteiger partial charge >= 0.3 is 5.97 Å². The van der Waals surface area contributed by atoms with Crippen LogP contribution in [0.1, 0.15) is 53.0 Å². The molecule has 38 heavy (non-hydrogen) atoms. The predicted octanol–water partition coefficient (Wildman–Crippen LogP) is 5.51. The van der Waals surface area contributed by atoms with Crippen molar-refractivity contribution >= 4 is 23.3 Å². The second-order valence-corrected chi connectivity index (χ2v) is 9.60. The quantitative estimate of drug-likeness (QED) is 0.196. The second-order valence-electron chi connectivity index (χ2n) is 9.60. The van der Waals surface area contributed by atoms with E-state index in [1.54, 1.807) is 26.8 Å². The van der Waals surface area contributed by atoms with E-state index in [9.17, 15) is 18.8 Å². The lowest BCUT2D eigenvalue weighted by atomic mass is 9.97.